The summed E-state index contributed by atoms with van der Waals surface area (Å²) in [4.78, 5) is 17.4. The molecular weight excluding hydrogens is 264 g/mol. The third-order valence-corrected chi connectivity index (χ3v) is 3.11. The molecule has 0 saturated heterocycles. The summed E-state index contributed by atoms with van der Waals surface area (Å²) < 4.78 is 5.89. The van der Waals surface area contributed by atoms with Gasteiger partial charge in [-0.3, -0.25) is 0 Å². The van der Waals surface area contributed by atoms with E-state index in [1.165, 1.54) is 0 Å². The Morgan fingerprint density at radius 3 is 2.52 bits per heavy atom. The summed E-state index contributed by atoms with van der Waals surface area (Å²) in [6.45, 7) is 0.495. The molecule has 3 aromatic rings. The van der Waals surface area contributed by atoms with Gasteiger partial charge in [0, 0.05) is 23.5 Å². The Bertz CT molecular complexity index is 762. The zero-order valence-electron chi connectivity index (χ0n) is 11.3. The van der Waals surface area contributed by atoms with Gasteiger partial charge < -0.3 is 9.72 Å². The maximum atomic E-state index is 11.1. The van der Waals surface area contributed by atoms with E-state index < -0.39 is 0 Å². The predicted molar refractivity (Wildman–Crippen MR) is 81.1 cm³/mol. The van der Waals surface area contributed by atoms with Crippen LogP contribution in [0.4, 0.5) is 0 Å². The zero-order valence-corrected chi connectivity index (χ0v) is 11.3. The molecule has 2 aromatic carbocycles. The summed E-state index contributed by atoms with van der Waals surface area (Å²) in [7, 11) is 0. The number of nitrogens with zero attached hydrogens (tertiary/aromatic N) is 1. The number of hydrogen-bond donors (Lipinski definition) is 1. The SMILES string of the molecule is O=c1ncc(-c2ccccc2OCc2ccccc2)c[nH]1. The molecule has 0 bridgehead atoms. The van der Waals surface area contributed by atoms with Crippen molar-refractivity contribution in [3.8, 4) is 16.9 Å². The van der Waals surface area contributed by atoms with Gasteiger partial charge in [0.25, 0.3) is 0 Å². The molecule has 0 amide bonds. The highest BCUT2D eigenvalue weighted by atomic mass is 16.5. The first kappa shape index (κ1) is 13.1. The van der Waals surface area contributed by atoms with Crippen molar-refractivity contribution >= 4 is 0 Å². The molecule has 0 atom stereocenters. The lowest BCUT2D eigenvalue weighted by molar-refractivity contribution is 0.307. The zero-order chi connectivity index (χ0) is 14.5. The highest BCUT2D eigenvalue weighted by Gasteiger charge is 2.06. The molecule has 1 N–H and O–H groups in total. The normalized spacial score (nSPS) is 10.3. The highest BCUT2D eigenvalue weighted by molar-refractivity contribution is 5.68. The number of hydrogen-bond acceptors (Lipinski definition) is 3. The van der Waals surface area contributed by atoms with Gasteiger partial charge in [0.1, 0.15) is 12.4 Å². The van der Waals surface area contributed by atoms with E-state index in [-0.39, 0.29) is 5.69 Å². The van der Waals surface area contributed by atoms with Crippen LogP contribution in [0.25, 0.3) is 11.1 Å². The van der Waals surface area contributed by atoms with Crippen molar-refractivity contribution in [3.05, 3.63) is 83.0 Å². The van der Waals surface area contributed by atoms with E-state index in [1.54, 1.807) is 12.4 Å². The van der Waals surface area contributed by atoms with Gasteiger partial charge in [0.15, 0.2) is 0 Å². The molecule has 0 unspecified atom stereocenters. The van der Waals surface area contributed by atoms with Crippen LogP contribution >= 0.6 is 0 Å². The molecular formula is C17H14N2O2. The fraction of sp³-hybridized carbons (Fsp3) is 0.0588. The molecule has 21 heavy (non-hydrogen) atoms. The van der Waals surface area contributed by atoms with Crippen LogP contribution in [0.15, 0.2) is 71.8 Å². The van der Waals surface area contributed by atoms with Crippen molar-refractivity contribution in [2.75, 3.05) is 0 Å². The molecule has 0 aliphatic carbocycles. The van der Waals surface area contributed by atoms with Gasteiger partial charge >= 0.3 is 5.69 Å². The van der Waals surface area contributed by atoms with E-state index in [4.69, 9.17) is 4.74 Å². The van der Waals surface area contributed by atoms with Crippen molar-refractivity contribution in [2.45, 2.75) is 6.61 Å². The lowest BCUT2D eigenvalue weighted by Gasteiger charge is -2.11. The second kappa shape index (κ2) is 6.05. The van der Waals surface area contributed by atoms with Crippen LogP contribution in [0.3, 0.4) is 0 Å². The van der Waals surface area contributed by atoms with Gasteiger partial charge in [-0.05, 0) is 11.6 Å². The Labute approximate surface area is 122 Å². The third kappa shape index (κ3) is 3.17. The first-order valence-corrected chi connectivity index (χ1v) is 6.64. The van der Waals surface area contributed by atoms with Crippen LogP contribution in [0.5, 0.6) is 5.75 Å². The quantitative estimate of drug-likeness (QED) is 0.798. The second-order valence-electron chi connectivity index (χ2n) is 4.58. The number of aromatic nitrogens is 2. The molecule has 4 heteroatoms. The second-order valence-corrected chi connectivity index (χ2v) is 4.58. The summed E-state index contributed by atoms with van der Waals surface area (Å²) in [5, 5.41) is 0. The summed E-state index contributed by atoms with van der Waals surface area (Å²) in [6.07, 6.45) is 3.18. The smallest absolute Gasteiger partial charge is 0.344 e. The van der Waals surface area contributed by atoms with Gasteiger partial charge in [-0.1, -0.05) is 48.5 Å². The fourth-order valence-corrected chi connectivity index (χ4v) is 2.06. The van der Waals surface area contributed by atoms with E-state index in [9.17, 15) is 4.79 Å². The first-order valence-electron chi connectivity index (χ1n) is 6.64. The van der Waals surface area contributed by atoms with Crippen LogP contribution in [0.1, 0.15) is 5.56 Å². The minimum absolute atomic E-state index is 0.360. The van der Waals surface area contributed by atoms with E-state index in [2.05, 4.69) is 9.97 Å². The lowest BCUT2D eigenvalue weighted by Crippen LogP contribution is -2.08. The number of ether oxygens (including phenoxy) is 1. The molecule has 1 aromatic heterocycles. The molecule has 0 aliphatic rings. The van der Waals surface area contributed by atoms with Gasteiger partial charge in [0.2, 0.25) is 0 Å². The van der Waals surface area contributed by atoms with Crippen LogP contribution in [0, 0.1) is 0 Å². The number of H-pyrrole nitrogens is 1. The van der Waals surface area contributed by atoms with Crippen LogP contribution in [-0.2, 0) is 6.61 Å². The van der Waals surface area contributed by atoms with Crippen LogP contribution in [-0.4, -0.2) is 9.97 Å². The topological polar surface area (TPSA) is 55.0 Å². The third-order valence-electron chi connectivity index (χ3n) is 3.11. The number of para-hydroxylation sites is 1. The van der Waals surface area contributed by atoms with Crippen molar-refractivity contribution in [1.29, 1.82) is 0 Å². The van der Waals surface area contributed by atoms with Crippen molar-refractivity contribution < 1.29 is 4.74 Å². The van der Waals surface area contributed by atoms with Crippen molar-refractivity contribution in [2.24, 2.45) is 0 Å². The Morgan fingerprint density at radius 2 is 1.76 bits per heavy atom. The Hall–Kier alpha value is -2.88. The molecule has 104 valence electrons. The number of benzene rings is 2. The van der Waals surface area contributed by atoms with Gasteiger partial charge in [-0.15, -0.1) is 0 Å². The monoisotopic (exact) mass is 278 g/mol. The van der Waals surface area contributed by atoms with E-state index in [0.29, 0.717) is 6.61 Å². The minimum Gasteiger partial charge on any atom is -0.488 e. The number of aromatic amines is 1. The lowest BCUT2D eigenvalue weighted by atomic mass is 10.1. The number of rotatable bonds is 4. The summed E-state index contributed by atoms with van der Waals surface area (Å²) in [5.41, 5.74) is 2.46. The molecule has 0 saturated carbocycles. The molecule has 3 rings (SSSR count). The van der Waals surface area contributed by atoms with Crippen molar-refractivity contribution in [3.63, 3.8) is 0 Å². The fourth-order valence-electron chi connectivity index (χ4n) is 2.06. The Balaban J connectivity index is 1.86. The number of nitrogens with one attached hydrogen (secondary N) is 1. The highest BCUT2D eigenvalue weighted by Crippen LogP contribution is 2.29. The van der Waals surface area contributed by atoms with Gasteiger partial charge in [-0.25, -0.2) is 9.78 Å². The molecule has 0 radical (unpaired) electrons. The maximum absolute atomic E-state index is 11.1. The standard InChI is InChI=1S/C17H14N2O2/c20-17-18-10-14(11-19-17)15-8-4-5-9-16(15)21-12-13-6-2-1-3-7-13/h1-11H,12H2,(H,18,19,20). The minimum atomic E-state index is -0.360. The first-order chi connectivity index (χ1) is 10.3. The van der Waals surface area contributed by atoms with Crippen molar-refractivity contribution in [1.82, 2.24) is 9.97 Å². The summed E-state index contributed by atoms with van der Waals surface area (Å²) in [6, 6.07) is 17.7. The molecule has 0 aliphatic heterocycles. The van der Waals surface area contributed by atoms with Gasteiger partial charge in [0.05, 0.1) is 0 Å². The summed E-state index contributed by atoms with van der Waals surface area (Å²) >= 11 is 0. The molecule has 0 spiro atoms. The molecule has 4 nitrogen and oxygen atoms in total. The average molecular weight is 278 g/mol. The molecule has 0 fully saturated rings. The van der Waals surface area contributed by atoms with E-state index >= 15 is 0 Å². The Morgan fingerprint density at radius 1 is 1.00 bits per heavy atom. The van der Waals surface area contributed by atoms with Crippen LogP contribution in [0.2, 0.25) is 0 Å². The molecule has 1 heterocycles. The summed E-state index contributed by atoms with van der Waals surface area (Å²) in [5.74, 6) is 0.759. The average Bonchev–Trinajstić information content (AvgIpc) is 2.55. The van der Waals surface area contributed by atoms with E-state index in [1.807, 2.05) is 54.6 Å². The van der Waals surface area contributed by atoms with Gasteiger partial charge in [-0.2, -0.15) is 0 Å². The van der Waals surface area contributed by atoms with Crippen LogP contribution < -0.4 is 10.4 Å². The maximum Gasteiger partial charge on any atom is 0.344 e. The van der Waals surface area contributed by atoms with E-state index in [0.717, 1.165) is 22.4 Å². The predicted octanol–water partition coefficient (Wildman–Crippen LogP) is 3.02. The Kier molecular flexibility index (Phi) is 3.78. The largest absolute Gasteiger partial charge is 0.488 e.